The molecule has 11 nitrogen and oxygen atoms in total. The number of hydrogen-bond donors (Lipinski definition) is 4. The van der Waals surface area contributed by atoms with Crippen molar-refractivity contribution in [3.63, 3.8) is 0 Å². The average molecular weight is 426 g/mol. The number of furan rings is 1. The molecule has 0 radical (unpaired) electrons. The molecule has 0 amide bonds. The maximum atomic E-state index is 11.0. The van der Waals surface area contributed by atoms with Crippen LogP contribution in [0.1, 0.15) is 6.23 Å². The van der Waals surface area contributed by atoms with Crippen LogP contribution in [0.3, 0.4) is 0 Å². The second-order valence-corrected chi connectivity index (χ2v) is 6.99. The highest BCUT2D eigenvalue weighted by Crippen LogP contribution is 2.37. The highest BCUT2D eigenvalue weighted by molar-refractivity contribution is 6.31. The molecule has 1 saturated heterocycles. The van der Waals surface area contributed by atoms with Gasteiger partial charge in [0.25, 0.3) is 0 Å². The second-order valence-electron chi connectivity index (χ2n) is 6.55. The molecule has 1 fully saturated rings. The smallest absolute Gasteiger partial charge is 0.397 e. The quantitative estimate of drug-likeness (QED) is 0.350. The second kappa shape index (κ2) is 7.37. The van der Waals surface area contributed by atoms with Crippen LogP contribution in [0.2, 0.25) is 5.02 Å². The molecule has 12 heteroatoms. The number of aliphatic hydroxyl groups excluding tert-OH is 4. The number of nitro groups is 1. The normalized spacial score (nSPS) is 27.4. The van der Waals surface area contributed by atoms with Crippen LogP contribution in [-0.2, 0) is 4.74 Å². The molecule has 1 aromatic carbocycles. The summed E-state index contributed by atoms with van der Waals surface area (Å²) in [5.41, 5.74) is 0.802. The number of aromatic nitrogens is 2. The third-order valence-electron chi connectivity index (χ3n) is 4.77. The molecule has 0 spiro atoms. The van der Waals surface area contributed by atoms with Gasteiger partial charge in [-0.2, -0.15) is 0 Å². The molecule has 1 aliphatic heterocycles. The first-order chi connectivity index (χ1) is 13.8. The van der Waals surface area contributed by atoms with Crippen molar-refractivity contribution in [3.8, 4) is 11.6 Å². The lowest BCUT2D eigenvalue weighted by atomic mass is 9.98. The molecule has 29 heavy (non-hydrogen) atoms. The van der Waals surface area contributed by atoms with Gasteiger partial charge in [0, 0.05) is 5.02 Å². The first-order valence-corrected chi connectivity index (χ1v) is 8.92. The highest BCUT2D eigenvalue weighted by atomic mass is 35.5. The molecule has 1 aliphatic rings. The van der Waals surface area contributed by atoms with Crippen LogP contribution in [0.25, 0.3) is 22.6 Å². The highest BCUT2D eigenvalue weighted by Gasteiger charge is 2.45. The Morgan fingerprint density at radius 3 is 2.59 bits per heavy atom. The van der Waals surface area contributed by atoms with Gasteiger partial charge in [-0.3, -0.25) is 14.7 Å². The molecule has 3 heterocycles. The van der Waals surface area contributed by atoms with Crippen molar-refractivity contribution < 1.29 is 34.5 Å². The van der Waals surface area contributed by atoms with Gasteiger partial charge >= 0.3 is 5.88 Å². The number of aliphatic hydroxyl groups is 4. The Kier molecular flexibility index (Phi) is 5.02. The summed E-state index contributed by atoms with van der Waals surface area (Å²) >= 11 is 6.03. The van der Waals surface area contributed by atoms with Gasteiger partial charge in [-0.05, 0) is 24.3 Å². The Morgan fingerprint density at radius 2 is 1.93 bits per heavy atom. The summed E-state index contributed by atoms with van der Waals surface area (Å²) in [5.74, 6) is -0.425. The van der Waals surface area contributed by atoms with Gasteiger partial charge in [0.15, 0.2) is 17.8 Å². The molecule has 0 unspecified atom stereocenters. The standard InChI is InChI=1S/C17H16ClN3O8/c18-7-1-2-9-8(5-7)19-16(10-3-4-12(28-10)21(26)27)20(9)17-15(25)14(24)13(23)11(6-22)29-17/h1-5,11,13-15,17,22-25H,6H2/t11-,13-,14+,15-,17+/m0/s1. The van der Waals surface area contributed by atoms with Gasteiger partial charge in [-0.15, -0.1) is 0 Å². The number of ether oxygens (including phenoxy) is 1. The van der Waals surface area contributed by atoms with Gasteiger partial charge < -0.3 is 29.6 Å². The SMILES string of the molecule is O=[N+]([O-])c1ccc(-c2nc3cc(Cl)ccc3n2[C@@H]2O[C@@H](CO)[C@H](O)[C@@H](O)[C@@H]2O)o1. The van der Waals surface area contributed by atoms with Crippen LogP contribution in [0.15, 0.2) is 34.7 Å². The van der Waals surface area contributed by atoms with E-state index in [1.165, 1.54) is 16.7 Å². The fourth-order valence-electron chi connectivity index (χ4n) is 3.34. The molecule has 4 rings (SSSR count). The molecule has 0 aliphatic carbocycles. The lowest BCUT2D eigenvalue weighted by Gasteiger charge is -2.40. The van der Waals surface area contributed by atoms with E-state index in [1.807, 2.05) is 0 Å². The molecule has 0 saturated carbocycles. The van der Waals surface area contributed by atoms with E-state index in [1.54, 1.807) is 12.1 Å². The Labute approximate surface area is 167 Å². The van der Waals surface area contributed by atoms with Crippen LogP contribution in [0, 0.1) is 10.1 Å². The monoisotopic (exact) mass is 425 g/mol. The Balaban J connectivity index is 1.90. The number of nitrogens with zero attached hydrogens (tertiary/aromatic N) is 3. The minimum absolute atomic E-state index is 0.0148. The number of hydrogen-bond acceptors (Lipinski definition) is 9. The van der Waals surface area contributed by atoms with E-state index in [0.717, 1.165) is 6.07 Å². The van der Waals surface area contributed by atoms with Crippen molar-refractivity contribution in [1.82, 2.24) is 9.55 Å². The molecule has 0 bridgehead atoms. The van der Waals surface area contributed by atoms with Gasteiger partial charge in [0.05, 0.1) is 23.7 Å². The van der Waals surface area contributed by atoms with E-state index in [0.29, 0.717) is 16.1 Å². The van der Waals surface area contributed by atoms with Crippen LogP contribution in [0.5, 0.6) is 0 Å². The third kappa shape index (κ3) is 3.27. The number of halogens is 1. The van der Waals surface area contributed by atoms with Crippen molar-refractivity contribution in [1.29, 1.82) is 0 Å². The third-order valence-corrected chi connectivity index (χ3v) is 5.00. The summed E-state index contributed by atoms with van der Waals surface area (Å²) in [5, 5.41) is 51.6. The molecule has 2 aromatic heterocycles. The molecule has 154 valence electrons. The molecule has 3 aromatic rings. The average Bonchev–Trinajstić information content (AvgIpc) is 3.31. The van der Waals surface area contributed by atoms with Crippen LogP contribution in [-0.4, -0.2) is 65.9 Å². The zero-order valence-corrected chi connectivity index (χ0v) is 15.4. The summed E-state index contributed by atoms with van der Waals surface area (Å²) in [6.07, 6.45) is -7.18. The predicted octanol–water partition coefficient (Wildman–Crippen LogP) is 0.830. The summed E-state index contributed by atoms with van der Waals surface area (Å²) in [4.78, 5) is 14.7. The Morgan fingerprint density at radius 1 is 1.17 bits per heavy atom. The van der Waals surface area contributed by atoms with Crippen molar-refractivity contribution in [2.24, 2.45) is 0 Å². The van der Waals surface area contributed by atoms with Crippen molar-refractivity contribution >= 4 is 28.5 Å². The number of imidazole rings is 1. The van der Waals surface area contributed by atoms with Crippen LogP contribution in [0.4, 0.5) is 5.88 Å². The van der Waals surface area contributed by atoms with Crippen molar-refractivity contribution in [3.05, 3.63) is 45.5 Å². The van der Waals surface area contributed by atoms with Crippen LogP contribution < -0.4 is 0 Å². The lowest BCUT2D eigenvalue weighted by Crippen LogP contribution is -2.56. The van der Waals surface area contributed by atoms with E-state index < -0.39 is 48.1 Å². The largest absolute Gasteiger partial charge is 0.433 e. The van der Waals surface area contributed by atoms with Gasteiger partial charge in [0.2, 0.25) is 0 Å². The van der Waals surface area contributed by atoms with Gasteiger partial charge in [-0.1, -0.05) is 11.6 Å². The van der Waals surface area contributed by atoms with Gasteiger partial charge in [0.1, 0.15) is 29.3 Å². The fourth-order valence-corrected chi connectivity index (χ4v) is 3.51. The minimum Gasteiger partial charge on any atom is -0.397 e. The van der Waals surface area contributed by atoms with E-state index >= 15 is 0 Å². The van der Waals surface area contributed by atoms with Crippen LogP contribution >= 0.6 is 11.6 Å². The van der Waals surface area contributed by atoms with E-state index in [-0.39, 0.29) is 11.6 Å². The van der Waals surface area contributed by atoms with E-state index in [9.17, 15) is 30.5 Å². The summed E-state index contributed by atoms with van der Waals surface area (Å²) < 4.78 is 12.3. The topological polar surface area (TPSA) is 164 Å². The van der Waals surface area contributed by atoms with Gasteiger partial charge in [-0.25, -0.2) is 4.98 Å². The summed E-state index contributed by atoms with van der Waals surface area (Å²) in [6, 6.07) is 7.19. The lowest BCUT2D eigenvalue weighted by molar-refractivity contribution is -0.401. The Hall–Kier alpha value is -2.54. The van der Waals surface area contributed by atoms with E-state index in [2.05, 4.69) is 4.98 Å². The maximum absolute atomic E-state index is 11.0. The van der Waals surface area contributed by atoms with Crippen molar-refractivity contribution in [2.45, 2.75) is 30.6 Å². The summed E-state index contributed by atoms with van der Waals surface area (Å²) in [6.45, 7) is -0.610. The minimum atomic E-state index is -1.62. The Bertz CT molecular complexity index is 1060. The molecular weight excluding hydrogens is 410 g/mol. The first kappa shape index (κ1) is 19.8. The molecule has 5 atom stereocenters. The number of benzene rings is 1. The fraction of sp³-hybridized carbons (Fsp3) is 0.353. The maximum Gasteiger partial charge on any atom is 0.433 e. The molecule has 4 N–H and O–H groups in total. The molecular formula is C17H16ClN3O8. The zero-order valence-electron chi connectivity index (χ0n) is 14.6. The first-order valence-electron chi connectivity index (χ1n) is 8.54. The number of fused-ring (bicyclic) bond motifs is 1. The number of rotatable bonds is 4. The van der Waals surface area contributed by atoms with Crippen molar-refractivity contribution in [2.75, 3.05) is 6.61 Å². The van der Waals surface area contributed by atoms with E-state index in [4.69, 9.17) is 20.8 Å². The predicted molar refractivity (Wildman–Crippen MR) is 98.1 cm³/mol. The zero-order chi connectivity index (χ0) is 20.9. The summed E-state index contributed by atoms with van der Waals surface area (Å²) in [7, 11) is 0.